The van der Waals surface area contributed by atoms with Gasteiger partial charge >= 0.3 is 23.9 Å². The fraction of sp³-hybridized carbons (Fsp3) is 0.300. The van der Waals surface area contributed by atoms with Crippen molar-refractivity contribution in [2.45, 2.75) is 20.8 Å². The highest BCUT2D eigenvalue weighted by molar-refractivity contribution is 5.73. The summed E-state index contributed by atoms with van der Waals surface area (Å²) in [7, 11) is 0. The van der Waals surface area contributed by atoms with Crippen LogP contribution < -0.4 is 14.2 Å². The number of hydrogen-bond donors (Lipinski definition) is 0. The Morgan fingerprint density at radius 2 is 1.50 bits per heavy atom. The fourth-order valence-corrected chi connectivity index (χ4v) is 0.952. The molecule has 0 saturated carbocycles. The van der Waals surface area contributed by atoms with Crippen LogP contribution in [0.2, 0.25) is 0 Å². The number of esters is 3. The Balaban J connectivity index is 3.06. The molecule has 0 aliphatic carbocycles. The molecule has 0 saturated heterocycles. The normalized spacial score (nSPS) is 9.50. The van der Waals surface area contributed by atoms with Gasteiger partial charge in [0.05, 0.1) is 6.20 Å². The van der Waals surface area contributed by atoms with Crippen LogP contribution in [-0.2, 0) is 14.4 Å². The standard InChI is InChI=1S/C10H10N2O6/c1-5(13)16-8-4-11-10(18-7(3)15)12-9(8)17-6(2)14/h4H,1-3H3. The molecular weight excluding hydrogens is 244 g/mol. The van der Waals surface area contributed by atoms with Crippen molar-refractivity contribution in [3.05, 3.63) is 6.20 Å². The Hall–Kier alpha value is -2.51. The average Bonchev–Trinajstić information content (AvgIpc) is 2.19. The van der Waals surface area contributed by atoms with Crippen molar-refractivity contribution in [2.24, 2.45) is 0 Å². The van der Waals surface area contributed by atoms with Crippen molar-refractivity contribution in [1.82, 2.24) is 9.97 Å². The van der Waals surface area contributed by atoms with Gasteiger partial charge in [0.1, 0.15) is 0 Å². The number of nitrogens with zero attached hydrogens (tertiary/aromatic N) is 2. The van der Waals surface area contributed by atoms with Gasteiger partial charge in [0.2, 0.25) is 5.75 Å². The molecule has 96 valence electrons. The van der Waals surface area contributed by atoms with Crippen molar-refractivity contribution in [3.8, 4) is 17.6 Å². The highest BCUT2D eigenvalue weighted by Crippen LogP contribution is 2.25. The molecule has 8 nitrogen and oxygen atoms in total. The van der Waals surface area contributed by atoms with E-state index in [-0.39, 0.29) is 17.6 Å². The molecule has 0 bridgehead atoms. The lowest BCUT2D eigenvalue weighted by molar-refractivity contribution is -0.135. The third-order valence-electron chi connectivity index (χ3n) is 1.43. The molecule has 1 aromatic rings. The zero-order valence-corrected chi connectivity index (χ0v) is 9.92. The number of hydrogen-bond acceptors (Lipinski definition) is 8. The third kappa shape index (κ3) is 4.16. The molecule has 0 aromatic carbocycles. The van der Waals surface area contributed by atoms with Gasteiger partial charge in [0.15, 0.2) is 0 Å². The van der Waals surface area contributed by atoms with Crippen LogP contribution >= 0.6 is 0 Å². The first-order valence-corrected chi connectivity index (χ1v) is 4.80. The summed E-state index contributed by atoms with van der Waals surface area (Å²) in [6.45, 7) is 3.47. The van der Waals surface area contributed by atoms with E-state index in [1.165, 1.54) is 0 Å². The molecule has 1 rings (SSSR count). The van der Waals surface area contributed by atoms with E-state index in [0.717, 1.165) is 27.0 Å². The van der Waals surface area contributed by atoms with Crippen LogP contribution in [0.15, 0.2) is 6.20 Å². The summed E-state index contributed by atoms with van der Waals surface area (Å²) in [6, 6.07) is -0.311. The van der Waals surface area contributed by atoms with Crippen molar-refractivity contribution < 1.29 is 28.6 Å². The summed E-state index contributed by atoms with van der Waals surface area (Å²) in [5, 5.41) is 0. The molecule has 0 aliphatic rings. The molecule has 1 heterocycles. The molecule has 0 radical (unpaired) electrons. The van der Waals surface area contributed by atoms with Crippen LogP contribution in [0, 0.1) is 0 Å². The molecule has 0 amide bonds. The molecule has 0 N–H and O–H groups in total. The number of ether oxygens (including phenoxy) is 3. The maximum absolute atomic E-state index is 10.9. The second-order valence-corrected chi connectivity index (χ2v) is 3.10. The van der Waals surface area contributed by atoms with Gasteiger partial charge in [0, 0.05) is 20.8 Å². The van der Waals surface area contributed by atoms with E-state index in [1.54, 1.807) is 0 Å². The zero-order valence-electron chi connectivity index (χ0n) is 9.92. The van der Waals surface area contributed by atoms with Crippen molar-refractivity contribution in [2.75, 3.05) is 0 Å². The van der Waals surface area contributed by atoms with Gasteiger partial charge in [-0.1, -0.05) is 0 Å². The van der Waals surface area contributed by atoms with E-state index in [4.69, 9.17) is 9.47 Å². The lowest BCUT2D eigenvalue weighted by Crippen LogP contribution is -2.11. The van der Waals surface area contributed by atoms with Crippen LogP contribution in [0.1, 0.15) is 20.8 Å². The van der Waals surface area contributed by atoms with Crippen LogP contribution in [0.25, 0.3) is 0 Å². The van der Waals surface area contributed by atoms with Gasteiger partial charge in [-0.15, -0.1) is 0 Å². The molecule has 1 aromatic heterocycles. The molecule has 8 heteroatoms. The first-order valence-electron chi connectivity index (χ1n) is 4.80. The lowest BCUT2D eigenvalue weighted by Gasteiger charge is -2.07. The molecule has 18 heavy (non-hydrogen) atoms. The second kappa shape index (κ2) is 5.71. The lowest BCUT2D eigenvalue weighted by atomic mass is 10.5. The molecular formula is C10H10N2O6. The molecule has 0 fully saturated rings. The maximum Gasteiger partial charge on any atom is 0.327 e. The predicted octanol–water partition coefficient (Wildman–Crippen LogP) is 0.252. The van der Waals surface area contributed by atoms with E-state index in [0.29, 0.717) is 0 Å². The van der Waals surface area contributed by atoms with Gasteiger partial charge in [-0.05, 0) is 0 Å². The Kier molecular flexibility index (Phi) is 4.30. The van der Waals surface area contributed by atoms with E-state index in [2.05, 4.69) is 14.7 Å². The van der Waals surface area contributed by atoms with Crippen LogP contribution in [0.3, 0.4) is 0 Å². The average molecular weight is 254 g/mol. The van der Waals surface area contributed by atoms with Crippen molar-refractivity contribution in [1.29, 1.82) is 0 Å². The van der Waals surface area contributed by atoms with E-state index < -0.39 is 17.9 Å². The SMILES string of the molecule is CC(=O)Oc1ncc(OC(C)=O)c(OC(C)=O)n1. The zero-order chi connectivity index (χ0) is 13.7. The van der Waals surface area contributed by atoms with Gasteiger partial charge < -0.3 is 14.2 Å². The quantitative estimate of drug-likeness (QED) is 0.707. The Bertz CT molecular complexity index is 499. The number of rotatable bonds is 3. The number of carbonyl (C=O) groups is 3. The minimum Gasteiger partial charge on any atom is -0.419 e. The van der Waals surface area contributed by atoms with Crippen LogP contribution in [0.5, 0.6) is 17.6 Å². The topological polar surface area (TPSA) is 105 Å². The van der Waals surface area contributed by atoms with Crippen molar-refractivity contribution in [3.63, 3.8) is 0 Å². The van der Waals surface area contributed by atoms with E-state index in [9.17, 15) is 14.4 Å². The maximum atomic E-state index is 10.9. The number of carbonyl (C=O) groups excluding carboxylic acids is 3. The molecule has 0 atom stereocenters. The smallest absolute Gasteiger partial charge is 0.327 e. The largest absolute Gasteiger partial charge is 0.419 e. The second-order valence-electron chi connectivity index (χ2n) is 3.10. The first-order chi connectivity index (χ1) is 8.38. The van der Waals surface area contributed by atoms with E-state index in [1.807, 2.05) is 0 Å². The highest BCUT2D eigenvalue weighted by Gasteiger charge is 2.15. The number of aromatic nitrogens is 2. The molecule has 0 spiro atoms. The van der Waals surface area contributed by atoms with Crippen molar-refractivity contribution >= 4 is 17.9 Å². The van der Waals surface area contributed by atoms with Crippen LogP contribution in [0.4, 0.5) is 0 Å². The van der Waals surface area contributed by atoms with Gasteiger partial charge in [-0.3, -0.25) is 14.4 Å². The summed E-state index contributed by atoms with van der Waals surface area (Å²) in [6.07, 6.45) is 1.06. The first kappa shape index (κ1) is 13.6. The van der Waals surface area contributed by atoms with E-state index >= 15 is 0 Å². The monoisotopic (exact) mass is 254 g/mol. The van der Waals surface area contributed by atoms with Gasteiger partial charge in [-0.25, -0.2) is 0 Å². The Morgan fingerprint density at radius 1 is 0.944 bits per heavy atom. The summed E-state index contributed by atoms with van der Waals surface area (Å²) >= 11 is 0. The summed E-state index contributed by atoms with van der Waals surface area (Å²) in [4.78, 5) is 39.6. The minimum absolute atomic E-state index is 0.145. The minimum atomic E-state index is -0.670. The molecule has 0 aliphatic heterocycles. The molecule has 0 unspecified atom stereocenters. The highest BCUT2D eigenvalue weighted by atomic mass is 16.6. The summed E-state index contributed by atoms with van der Waals surface area (Å²) in [5.41, 5.74) is 0. The van der Waals surface area contributed by atoms with Gasteiger partial charge in [0.25, 0.3) is 5.88 Å². The third-order valence-corrected chi connectivity index (χ3v) is 1.43. The fourth-order valence-electron chi connectivity index (χ4n) is 0.952. The van der Waals surface area contributed by atoms with Gasteiger partial charge in [-0.2, -0.15) is 9.97 Å². The predicted molar refractivity (Wildman–Crippen MR) is 56.0 cm³/mol. The Morgan fingerprint density at radius 3 is 2.00 bits per heavy atom. The Labute approximate surface area is 102 Å². The van der Waals surface area contributed by atoms with Crippen LogP contribution in [-0.4, -0.2) is 27.9 Å². The summed E-state index contributed by atoms with van der Waals surface area (Å²) in [5.74, 6) is -2.38. The summed E-state index contributed by atoms with van der Waals surface area (Å²) < 4.78 is 14.0.